The number of H-pyrrole nitrogens is 1. The molecule has 0 saturated carbocycles. The third-order valence-corrected chi connectivity index (χ3v) is 5.27. The van der Waals surface area contributed by atoms with E-state index in [1.165, 1.54) is 0 Å². The molecule has 0 radical (unpaired) electrons. The molecular formula is C29H30N2O4. The van der Waals surface area contributed by atoms with Crippen LogP contribution in [0.3, 0.4) is 0 Å². The van der Waals surface area contributed by atoms with E-state index in [1.807, 2.05) is 67.0 Å². The van der Waals surface area contributed by atoms with Crippen LogP contribution in [0.15, 0.2) is 98.9 Å². The van der Waals surface area contributed by atoms with Crippen molar-refractivity contribution in [3.63, 3.8) is 0 Å². The van der Waals surface area contributed by atoms with Gasteiger partial charge in [0.1, 0.15) is 13.2 Å². The Morgan fingerprint density at radius 2 is 1.40 bits per heavy atom. The zero-order chi connectivity index (χ0) is 25.0. The van der Waals surface area contributed by atoms with Gasteiger partial charge in [-0.1, -0.05) is 67.8 Å². The number of allylic oxidation sites excluding steroid dienone is 1. The molecule has 0 unspecified atom stereocenters. The highest BCUT2D eigenvalue weighted by Crippen LogP contribution is 2.22. The molecule has 180 valence electrons. The lowest BCUT2D eigenvalue weighted by Gasteiger charge is -2.00. The molecule has 0 aliphatic heterocycles. The summed E-state index contributed by atoms with van der Waals surface area (Å²) in [5, 5.41) is 2.15. The summed E-state index contributed by atoms with van der Waals surface area (Å²) < 4.78 is 12.1. The highest BCUT2D eigenvalue weighted by molar-refractivity contribution is 5.88. The van der Waals surface area contributed by atoms with Crippen molar-refractivity contribution in [3.8, 4) is 0 Å². The number of benzene rings is 2. The van der Waals surface area contributed by atoms with Gasteiger partial charge in [0.25, 0.3) is 0 Å². The Morgan fingerprint density at radius 3 is 2.06 bits per heavy atom. The fourth-order valence-corrected chi connectivity index (χ4v) is 3.75. The van der Waals surface area contributed by atoms with Gasteiger partial charge in [-0.3, -0.25) is 9.59 Å². The van der Waals surface area contributed by atoms with Crippen molar-refractivity contribution in [2.75, 3.05) is 13.2 Å². The van der Waals surface area contributed by atoms with Crippen LogP contribution in [0.5, 0.6) is 0 Å². The second kappa shape index (κ2) is 12.8. The number of para-hydroxylation sites is 2. The van der Waals surface area contributed by atoms with Crippen LogP contribution in [0.4, 0.5) is 0 Å². The molecule has 0 fully saturated rings. The number of esters is 2. The van der Waals surface area contributed by atoms with Crippen LogP contribution >= 0.6 is 0 Å². The number of carbonyl (C=O) groups excluding carboxylic acids is 2. The van der Waals surface area contributed by atoms with Crippen LogP contribution in [0.25, 0.3) is 21.8 Å². The minimum atomic E-state index is -0.235. The van der Waals surface area contributed by atoms with Crippen LogP contribution < -0.4 is 0 Å². The van der Waals surface area contributed by atoms with E-state index in [-0.39, 0.29) is 38.0 Å². The first-order valence-corrected chi connectivity index (χ1v) is 11.3. The van der Waals surface area contributed by atoms with Crippen LogP contribution in [0.2, 0.25) is 0 Å². The van der Waals surface area contributed by atoms with Crippen molar-refractivity contribution >= 4 is 33.7 Å². The summed E-state index contributed by atoms with van der Waals surface area (Å²) in [5.74, 6) is -0.467. The molecule has 2 aromatic heterocycles. The average molecular weight is 471 g/mol. The maximum absolute atomic E-state index is 11.7. The van der Waals surface area contributed by atoms with Gasteiger partial charge in [-0.05, 0) is 23.3 Å². The summed E-state index contributed by atoms with van der Waals surface area (Å²) in [5.41, 5.74) is 4.08. The second-order valence-electron chi connectivity index (χ2n) is 7.77. The maximum Gasteiger partial charge on any atom is 0.310 e. The van der Waals surface area contributed by atoms with Gasteiger partial charge in [0.05, 0.1) is 12.8 Å². The van der Waals surface area contributed by atoms with Gasteiger partial charge in [0.2, 0.25) is 0 Å². The van der Waals surface area contributed by atoms with Gasteiger partial charge in [0, 0.05) is 40.7 Å². The van der Waals surface area contributed by atoms with E-state index in [0.29, 0.717) is 0 Å². The molecule has 0 spiro atoms. The van der Waals surface area contributed by atoms with E-state index >= 15 is 0 Å². The zero-order valence-electron chi connectivity index (χ0n) is 19.7. The van der Waals surface area contributed by atoms with Crippen molar-refractivity contribution in [3.05, 3.63) is 110 Å². The number of nitrogens with one attached hydrogen (secondary N) is 1. The topological polar surface area (TPSA) is 73.3 Å². The van der Waals surface area contributed by atoms with Gasteiger partial charge in [-0.25, -0.2) is 0 Å². The van der Waals surface area contributed by atoms with Gasteiger partial charge in [-0.15, -0.1) is 6.58 Å². The van der Waals surface area contributed by atoms with E-state index in [2.05, 4.69) is 29.3 Å². The van der Waals surface area contributed by atoms with Crippen molar-refractivity contribution in [1.82, 2.24) is 9.55 Å². The first kappa shape index (κ1) is 25.3. The molecule has 2 aromatic carbocycles. The number of hydrogen-bond acceptors (Lipinski definition) is 4. The largest absolute Gasteiger partial charge is 0.461 e. The third kappa shape index (κ3) is 6.84. The Kier molecular flexibility index (Phi) is 9.25. The number of nitrogens with zero attached hydrogens (tertiary/aromatic N) is 1. The predicted octanol–water partition coefficient (Wildman–Crippen LogP) is 5.54. The number of aromatic amines is 1. The smallest absolute Gasteiger partial charge is 0.310 e. The Hall–Kier alpha value is -4.32. The second-order valence-corrected chi connectivity index (χ2v) is 7.77. The summed E-state index contributed by atoms with van der Waals surface area (Å²) in [6.45, 7) is 12.0. The Balaban J connectivity index is 0.000000198. The number of rotatable bonds is 10. The molecule has 2 heterocycles. The number of fused-ring (bicyclic) bond motifs is 2. The molecule has 0 bridgehead atoms. The first-order chi connectivity index (χ1) is 17.1. The van der Waals surface area contributed by atoms with Crippen LogP contribution in [0.1, 0.15) is 11.1 Å². The molecule has 0 atom stereocenters. The first-order valence-electron chi connectivity index (χ1n) is 11.3. The lowest BCUT2D eigenvalue weighted by molar-refractivity contribution is -0.142. The molecule has 0 saturated heterocycles. The summed E-state index contributed by atoms with van der Waals surface area (Å²) >= 11 is 0. The average Bonchev–Trinajstić information content (AvgIpc) is 3.44. The molecule has 6 nitrogen and oxygen atoms in total. The van der Waals surface area contributed by atoms with Crippen LogP contribution in [0, 0.1) is 0 Å². The van der Waals surface area contributed by atoms with E-state index < -0.39 is 0 Å². The fourth-order valence-electron chi connectivity index (χ4n) is 3.75. The lowest BCUT2D eigenvalue weighted by atomic mass is 10.1. The van der Waals surface area contributed by atoms with E-state index in [1.54, 1.807) is 12.2 Å². The van der Waals surface area contributed by atoms with Crippen molar-refractivity contribution < 1.29 is 19.1 Å². The number of ether oxygens (including phenoxy) is 2. The van der Waals surface area contributed by atoms with Gasteiger partial charge in [-0.2, -0.15) is 0 Å². The standard InChI is InChI=1S/C16H17NO2.C13H13NO2/c1-3-9-17-12-13(11-16(18)19-10-4-2)14-7-5-6-8-15(14)17;1-2-7-16-13(15)8-10-9-14-12-6-4-3-5-11(10)12/h3-8,12H,1-2,9-11H2;2-6,9,14H,1,7-8H2. The molecule has 0 aliphatic rings. The van der Waals surface area contributed by atoms with Gasteiger partial charge < -0.3 is 19.0 Å². The summed E-state index contributed by atoms with van der Waals surface area (Å²) in [6.07, 6.45) is 9.37. The Morgan fingerprint density at radius 1 is 0.800 bits per heavy atom. The normalized spacial score (nSPS) is 10.3. The molecule has 0 amide bonds. The number of aromatic nitrogens is 2. The van der Waals surface area contributed by atoms with Gasteiger partial charge in [0.15, 0.2) is 0 Å². The quantitative estimate of drug-likeness (QED) is 0.244. The van der Waals surface area contributed by atoms with Gasteiger partial charge >= 0.3 is 11.9 Å². The van der Waals surface area contributed by atoms with E-state index in [9.17, 15) is 9.59 Å². The SMILES string of the molecule is C=CCOC(=O)Cc1c[nH]c2ccccc12.C=CCOC(=O)Cc1cn(CC=C)c2ccccc12. The molecule has 0 aliphatic carbocycles. The van der Waals surface area contributed by atoms with Crippen molar-refractivity contribution in [2.45, 2.75) is 19.4 Å². The fraction of sp³-hybridized carbons (Fsp3) is 0.172. The van der Waals surface area contributed by atoms with E-state index in [4.69, 9.17) is 9.47 Å². The summed E-state index contributed by atoms with van der Waals surface area (Å²) in [6, 6.07) is 15.9. The minimum absolute atomic E-state index is 0.232. The highest BCUT2D eigenvalue weighted by atomic mass is 16.5. The summed E-state index contributed by atoms with van der Waals surface area (Å²) in [7, 11) is 0. The van der Waals surface area contributed by atoms with Crippen molar-refractivity contribution in [1.29, 1.82) is 0 Å². The lowest BCUT2D eigenvalue weighted by Crippen LogP contribution is -2.07. The highest BCUT2D eigenvalue weighted by Gasteiger charge is 2.12. The molecule has 1 N–H and O–H groups in total. The van der Waals surface area contributed by atoms with E-state index in [0.717, 1.165) is 39.5 Å². The molecule has 4 aromatic rings. The van der Waals surface area contributed by atoms with Crippen LogP contribution in [-0.4, -0.2) is 34.7 Å². The maximum atomic E-state index is 11.7. The summed E-state index contributed by atoms with van der Waals surface area (Å²) in [4.78, 5) is 26.2. The predicted molar refractivity (Wildman–Crippen MR) is 140 cm³/mol. The molecular weight excluding hydrogens is 440 g/mol. The van der Waals surface area contributed by atoms with Crippen molar-refractivity contribution in [2.24, 2.45) is 0 Å². The molecule has 6 heteroatoms. The van der Waals surface area contributed by atoms with Crippen LogP contribution in [-0.2, 0) is 38.4 Å². The number of hydrogen-bond donors (Lipinski definition) is 1. The molecule has 35 heavy (non-hydrogen) atoms. The minimum Gasteiger partial charge on any atom is -0.461 e. The monoisotopic (exact) mass is 470 g/mol. The zero-order valence-corrected chi connectivity index (χ0v) is 19.7. The molecule has 4 rings (SSSR count). The third-order valence-electron chi connectivity index (χ3n) is 5.27. The number of carbonyl (C=O) groups is 2. The Labute approximate surface area is 205 Å². The Bertz CT molecular complexity index is 1330.